The molecule has 22 heavy (non-hydrogen) atoms. The molecular weight excluding hydrogens is 291 g/mol. The summed E-state index contributed by atoms with van der Waals surface area (Å²) < 4.78 is 37.8. The van der Waals surface area contributed by atoms with Gasteiger partial charge in [0.2, 0.25) is 0 Å². The fraction of sp³-hybridized carbons (Fsp3) is 0.125. The fourth-order valence-electron chi connectivity index (χ4n) is 2.18. The van der Waals surface area contributed by atoms with Gasteiger partial charge in [0.15, 0.2) is 0 Å². The van der Waals surface area contributed by atoms with Crippen LogP contribution in [0.1, 0.15) is 22.3 Å². The van der Waals surface area contributed by atoms with E-state index in [1.165, 1.54) is 12.1 Å². The van der Waals surface area contributed by atoms with Gasteiger partial charge in [-0.1, -0.05) is 12.1 Å². The number of nitrogens with two attached hydrogens (primary N) is 1. The minimum absolute atomic E-state index is 0.0416. The Labute approximate surface area is 125 Å². The molecule has 0 saturated heterocycles. The number of nitriles is 2. The average Bonchev–Trinajstić information content (AvgIpc) is 2.46. The molecule has 0 atom stereocenters. The summed E-state index contributed by atoms with van der Waals surface area (Å²) in [4.78, 5) is 0. The Morgan fingerprint density at radius 3 is 2.00 bits per heavy atom. The van der Waals surface area contributed by atoms with Crippen LogP contribution in [0.2, 0.25) is 0 Å². The lowest BCUT2D eigenvalue weighted by Crippen LogP contribution is -2.04. The largest absolute Gasteiger partial charge is 0.416 e. The molecule has 0 amide bonds. The van der Waals surface area contributed by atoms with Gasteiger partial charge in [0, 0.05) is 5.56 Å². The van der Waals surface area contributed by atoms with Crippen molar-refractivity contribution in [1.82, 2.24) is 0 Å². The van der Waals surface area contributed by atoms with Crippen molar-refractivity contribution >= 4 is 5.69 Å². The van der Waals surface area contributed by atoms with E-state index in [1.807, 2.05) is 12.1 Å². The first-order valence-electron chi connectivity index (χ1n) is 6.20. The SMILES string of the molecule is Cc1cc(-c2ccc(C(F)(F)F)cc2)c(C#N)c(N)c1C#N. The lowest BCUT2D eigenvalue weighted by molar-refractivity contribution is -0.137. The fourth-order valence-corrected chi connectivity index (χ4v) is 2.18. The molecule has 0 aromatic heterocycles. The van der Waals surface area contributed by atoms with Crippen LogP contribution in [-0.4, -0.2) is 0 Å². The first kappa shape index (κ1) is 15.4. The molecule has 3 nitrogen and oxygen atoms in total. The zero-order valence-electron chi connectivity index (χ0n) is 11.5. The van der Waals surface area contributed by atoms with Crippen LogP contribution in [-0.2, 0) is 6.18 Å². The van der Waals surface area contributed by atoms with Crippen LogP contribution in [0.4, 0.5) is 18.9 Å². The smallest absolute Gasteiger partial charge is 0.397 e. The standard InChI is InChI=1S/C16H10F3N3/c1-9-6-12(14(8-21)15(22)13(9)7-20)10-2-4-11(5-3-10)16(17,18)19/h2-6H,22H2,1H3. The minimum Gasteiger partial charge on any atom is -0.397 e. The molecule has 2 aromatic carbocycles. The first-order chi connectivity index (χ1) is 10.3. The van der Waals surface area contributed by atoms with Crippen molar-refractivity contribution in [2.45, 2.75) is 13.1 Å². The monoisotopic (exact) mass is 301 g/mol. The van der Waals surface area contributed by atoms with Crippen molar-refractivity contribution in [3.63, 3.8) is 0 Å². The number of rotatable bonds is 1. The van der Waals surface area contributed by atoms with Gasteiger partial charge in [0.25, 0.3) is 0 Å². The van der Waals surface area contributed by atoms with Gasteiger partial charge in [-0.05, 0) is 36.2 Å². The van der Waals surface area contributed by atoms with Gasteiger partial charge in [0.05, 0.1) is 22.4 Å². The lowest BCUT2D eigenvalue weighted by atomic mass is 9.93. The van der Waals surface area contributed by atoms with E-state index in [2.05, 4.69) is 0 Å². The number of anilines is 1. The minimum atomic E-state index is -4.42. The van der Waals surface area contributed by atoms with Crippen LogP contribution in [0.3, 0.4) is 0 Å². The predicted octanol–water partition coefficient (Wildman–Crippen LogP) is 4.01. The van der Waals surface area contributed by atoms with E-state index in [0.29, 0.717) is 16.7 Å². The van der Waals surface area contributed by atoms with E-state index >= 15 is 0 Å². The second-order valence-corrected chi connectivity index (χ2v) is 4.70. The van der Waals surface area contributed by atoms with Gasteiger partial charge in [-0.2, -0.15) is 23.7 Å². The van der Waals surface area contributed by atoms with Crippen LogP contribution in [0.5, 0.6) is 0 Å². The first-order valence-corrected chi connectivity index (χ1v) is 6.20. The summed E-state index contributed by atoms with van der Waals surface area (Å²) in [5, 5.41) is 18.3. The van der Waals surface area contributed by atoms with Gasteiger partial charge in [-0.15, -0.1) is 0 Å². The number of hydrogen-bond donors (Lipinski definition) is 1. The Kier molecular flexibility index (Phi) is 3.79. The molecule has 0 bridgehead atoms. The van der Waals surface area contributed by atoms with E-state index in [0.717, 1.165) is 12.1 Å². The van der Waals surface area contributed by atoms with Crippen LogP contribution >= 0.6 is 0 Å². The predicted molar refractivity (Wildman–Crippen MR) is 75.5 cm³/mol. The molecule has 6 heteroatoms. The van der Waals surface area contributed by atoms with Crippen molar-refractivity contribution in [3.8, 4) is 23.3 Å². The second-order valence-electron chi connectivity index (χ2n) is 4.70. The maximum Gasteiger partial charge on any atom is 0.416 e. The molecule has 0 spiro atoms. The maximum absolute atomic E-state index is 12.6. The Hall–Kier alpha value is -2.99. The third kappa shape index (κ3) is 2.59. The van der Waals surface area contributed by atoms with E-state index in [1.54, 1.807) is 13.0 Å². The Bertz CT molecular complexity index is 807. The Morgan fingerprint density at radius 2 is 1.55 bits per heavy atom. The molecular formula is C16H10F3N3. The Morgan fingerprint density at radius 1 is 1.00 bits per heavy atom. The highest BCUT2D eigenvalue weighted by Gasteiger charge is 2.30. The lowest BCUT2D eigenvalue weighted by Gasteiger charge is -2.12. The maximum atomic E-state index is 12.6. The molecule has 2 N–H and O–H groups in total. The van der Waals surface area contributed by atoms with Gasteiger partial charge >= 0.3 is 6.18 Å². The van der Waals surface area contributed by atoms with Gasteiger partial charge < -0.3 is 5.73 Å². The molecule has 0 unspecified atom stereocenters. The van der Waals surface area contributed by atoms with Crippen molar-refractivity contribution in [2.24, 2.45) is 0 Å². The van der Waals surface area contributed by atoms with Crippen molar-refractivity contribution in [2.75, 3.05) is 5.73 Å². The van der Waals surface area contributed by atoms with Gasteiger partial charge in [-0.3, -0.25) is 0 Å². The summed E-state index contributed by atoms with van der Waals surface area (Å²) in [5.41, 5.74) is 6.78. The molecule has 0 saturated carbocycles. The topological polar surface area (TPSA) is 73.6 Å². The second kappa shape index (κ2) is 5.42. The zero-order valence-corrected chi connectivity index (χ0v) is 11.5. The molecule has 0 aliphatic rings. The third-order valence-corrected chi connectivity index (χ3v) is 3.31. The Balaban J connectivity index is 2.64. The average molecular weight is 301 g/mol. The molecule has 0 heterocycles. The summed E-state index contributed by atoms with van der Waals surface area (Å²) in [5.74, 6) is 0. The number of benzene rings is 2. The number of hydrogen-bond acceptors (Lipinski definition) is 3. The number of nitrogens with zero attached hydrogens (tertiary/aromatic N) is 2. The molecule has 0 aliphatic carbocycles. The molecule has 2 aromatic rings. The van der Waals surface area contributed by atoms with E-state index in [9.17, 15) is 18.4 Å². The van der Waals surface area contributed by atoms with Crippen molar-refractivity contribution < 1.29 is 13.2 Å². The molecule has 110 valence electrons. The van der Waals surface area contributed by atoms with E-state index in [-0.39, 0.29) is 16.8 Å². The summed E-state index contributed by atoms with van der Waals surface area (Å²) in [7, 11) is 0. The van der Waals surface area contributed by atoms with Crippen LogP contribution < -0.4 is 5.73 Å². The van der Waals surface area contributed by atoms with Crippen LogP contribution in [0, 0.1) is 29.6 Å². The van der Waals surface area contributed by atoms with Gasteiger partial charge in [0.1, 0.15) is 12.1 Å². The third-order valence-electron chi connectivity index (χ3n) is 3.31. The highest BCUT2D eigenvalue weighted by molar-refractivity contribution is 5.81. The van der Waals surface area contributed by atoms with Gasteiger partial charge in [-0.25, -0.2) is 0 Å². The van der Waals surface area contributed by atoms with Crippen molar-refractivity contribution in [3.05, 3.63) is 52.6 Å². The number of alkyl halides is 3. The highest BCUT2D eigenvalue weighted by atomic mass is 19.4. The summed E-state index contributed by atoms with van der Waals surface area (Å²) in [6.45, 7) is 1.66. The van der Waals surface area contributed by atoms with Crippen LogP contribution in [0.15, 0.2) is 30.3 Å². The molecule has 0 aliphatic heterocycles. The number of halogens is 3. The zero-order chi connectivity index (χ0) is 16.5. The summed E-state index contributed by atoms with van der Waals surface area (Å²) in [6, 6.07) is 9.86. The quantitative estimate of drug-likeness (QED) is 0.809. The van der Waals surface area contributed by atoms with Crippen molar-refractivity contribution in [1.29, 1.82) is 10.5 Å². The highest BCUT2D eigenvalue weighted by Crippen LogP contribution is 2.34. The number of nitrogen functional groups attached to an aromatic ring is 1. The van der Waals surface area contributed by atoms with E-state index in [4.69, 9.17) is 11.0 Å². The normalized spacial score (nSPS) is 10.8. The molecule has 2 rings (SSSR count). The summed E-state index contributed by atoms with van der Waals surface area (Å²) >= 11 is 0. The molecule has 0 fully saturated rings. The molecule has 0 radical (unpaired) electrons. The van der Waals surface area contributed by atoms with Crippen LogP contribution in [0.25, 0.3) is 11.1 Å². The number of aryl methyl sites for hydroxylation is 1. The summed E-state index contributed by atoms with van der Waals surface area (Å²) in [6.07, 6.45) is -4.42. The van der Waals surface area contributed by atoms with E-state index < -0.39 is 11.7 Å².